The first-order chi connectivity index (χ1) is 8.93. The van der Waals surface area contributed by atoms with Crippen LogP contribution < -0.4 is 28.5 Å². The molecule has 1 aromatic rings. The first-order valence-electron chi connectivity index (χ1n) is 7.87. The lowest BCUT2D eigenvalue weighted by molar-refractivity contribution is -0.697. The Morgan fingerprint density at radius 2 is 1.11 bits per heavy atom. The van der Waals surface area contributed by atoms with Gasteiger partial charge in [0.2, 0.25) is 24.0 Å². The van der Waals surface area contributed by atoms with Gasteiger partial charge in [-0.15, -0.1) is 0 Å². The molecule has 0 aliphatic rings. The van der Waals surface area contributed by atoms with Crippen molar-refractivity contribution in [2.24, 2.45) is 0 Å². The molecule has 110 valence electrons. The van der Waals surface area contributed by atoms with Crippen LogP contribution in [0.25, 0.3) is 0 Å². The molecule has 0 spiro atoms. The van der Waals surface area contributed by atoms with E-state index in [0.29, 0.717) is 0 Å². The molecule has 0 saturated carbocycles. The molecule has 19 heavy (non-hydrogen) atoms. The Bertz CT molecular complexity index is 274. The lowest BCUT2D eigenvalue weighted by Crippen LogP contribution is -3.00. The van der Waals surface area contributed by atoms with Gasteiger partial charge in [-0.25, -0.2) is 4.57 Å². The van der Waals surface area contributed by atoms with E-state index < -0.39 is 0 Å². The van der Waals surface area contributed by atoms with Gasteiger partial charge < -0.3 is 0 Å². The molecule has 0 atom stereocenters. The Morgan fingerprint density at radius 1 is 0.632 bits per heavy atom. The Labute approximate surface area is 136 Å². The van der Waals surface area contributed by atoms with E-state index in [4.69, 9.17) is 0 Å². The van der Waals surface area contributed by atoms with Crippen LogP contribution in [0.5, 0.6) is 0 Å². The highest BCUT2D eigenvalue weighted by atomic mass is 127. The van der Waals surface area contributed by atoms with Gasteiger partial charge in [0.15, 0.2) is 12.4 Å². The first-order valence-corrected chi connectivity index (χ1v) is 7.87. The van der Waals surface area contributed by atoms with Gasteiger partial charge in [-0.2, -0.15) is 0 Å². The van der Waals surface area contributed by atoms with Crippen molar-refractivity contribution in [3.05, 3.63) is 30.6 Å². The van der Waals surface area contributed by atoms with Gasteiger partial charge in [0.05, 0.1) is 0 Å². The second kappa shape index (κ2) is 14.3. The smallest absolute Gasteiger partial charge is 0.205 e. The fraction of sp³-hybridized carbons (Fsp3) is 0.706. The molecular weight excluding hydrogens is 345 g/mol. The average molecular weight is 377 g/mol. The summed E-state index contributed by atoms with van der Waals surface area (Å²) >= 11 is 0. The fourth-order valence-electron chi connectivity index (χ4n) is 2.37. The molecular formula is C17H32IN+2. The number of nitrogens with zero attached hydrogens (tertiary/aromatic N) is 1. The van der Waals surface area contributed by atoms with Crippen molar-refractivity contribution in [2.45, 2.75) is 77.7 Å². The first kappa shape index (κ1) is 18.9. The summed E-state index contributed by atoms with van der Waals surface area (Å²) in [5.74, 6) is 0. The summed E-state index contributed by atoms with van der Waals surface area (Å²) in [7, 11) is 0. The van der Waals surface area contributed by atoms with Gasteiger partial charge >= 0.3 is 0 Å². The van der Waals surface area contributed by atoms with E-state index >= 15 is 0 Å². The highest BCUT2D eigenvalue weighted by Crippen LogP contribution is 2.10. The van der Waals surface area contributed by atoms with E-state index in [2.05, 4.69) is 42.1 Å². The maximum atomic E-state index is 2.28. The number of unbranched alkanes of at least 4 members (excludes halogenated alkanes) is 9. The van der Waals surface area contributed by atoms with Crippen LogP contribution in [-0.4, -0.2) is 0 Å². The molecule has 0 saturated heterocycles. The van der Waals surface area contributed by atoms with Crippen molar-refractivity contribution >= 4 is 0 Å². The minimum Gasteiger partial charge on any atom is -0.205 e. The van der Waals surface area contributed by atoms with Crippen molar-refractivity contribution in [1.82, 2.24) is 0 Å². The van der Waals surface area contributed by atoms with Crippen LogP contribution in [0.4, 0.5) is 0 Å². The highest BCUT2D eigenvalue weighted by Gasteiger charge is 1.97. The van der Waals surface area contributed by atoms with Crippen LogP contribution in [0.2, 0.25) is 0 Å². The van der Waals surface area contributed by atoms with Crippen LogP contribution in [0, 0.1) is 0 Å². The SMILES string of the molecule is CCCCCCCCCCCC[n+]1ccccc1.[IH2+]. The molecule has 0 aromatic carbocycles. The van der Waals surface area contributed by atoms with Crippen LogP contribution in [-0.2, 0) is 6.54 Å². The number of halogens is 1. The zero-order valence-corrected chi connectivity index (χ0v) is 15.1. The zero-order valence-electron chi connectivity index (χ0n) is 12.6. The number of pyridine rings is 1. The molecule has 1 aromatic heterocycles. The second-order valence-corrected chi connectivity index (χ2v) is 5.30. The van der Waals surface area contributed by atoms with E-state index in [1.165, 1.54) is 70.8 Å². The van der Waals surface area contributed by atoms with Crippen LogP contribution in [0.1, 0.15) is 71.1 Å². The van der Waals surface area contributed by atoms with Crippen molar-refractivity contribution < 1.29 is 28.5 Å². The predicted octanol–water partition coefficient (Wildman–Crippen LogP) is 1.36. The number of rotatable bonds is 11. The second-order valence-electron chi connectivity index (χ2n) is 5.30. The molecule has 1 rings (SSSR count). The molecule has 2 heteroatoms. The van der Waals surface area contributed by atoms with E-state index in [-0.39, 0.29) is 24.0 Å². The Balaban J connectivity index is 0.00000324. The molecule has 0 amide bonds. The van der Waals surface area contributed by atoms with E-state index in [0.717, 1.165) is 0 Å². The third kappa shape index (κ3) is 11.4. The van der Waals surface area contributed by atoms with Crippen molar-refractivity contribution in [3.63, 3.8) is 0 Å². The lowest BCUT2D eigenvalue weighted by Gasteiger charge is -2.01. The molecule has 0 unspecified atom stereocenters. The molecule has 1 heterocycles. The van der Waals surface area contributed by atoms with Crippen LogP contribution >= 0.6 is 0 Å². The van der Waals surface area contributed by atoms with Gasteiger partial charge in [-0.05, 0) is 6.42 Å². The number of aryl methyl sites for hydroxylation is 1. The molecule has 0 bridgehead atoms. The molecule has 0 aliphatic heterocycles. The summed E-state index contributed by atoms with van der Waals surface area (Å²) in [5, 5.41) is 0. The van der Waals surface area contributed by atoms with Gasteiger partial charge in [0, 0.05) is 18.6 Å². The monoisotopic (exact) mass is 377 g/mol. The minimum absolute atomic E-state index is 0. The maximum absolute atomic E-state index is 2.28. The summed E-state index contributed by atoms with van der Waals surface area (Å²) in [6.45, 7) is 3.46. The summed E-state index contributed by atoms with van der Waals surface area (Å²) in [6.07, 6.45) is 18.5. The minimum atomic E-state index is 0. The normalized spacial score (nSPS) is 10.2. The summed E-state index contributed by atoms with van der Waals surface area (Å²) in [4.78, 5) is 0. The third-order valence-corrected chi connectivity index (χ3v) is 3.55. The van der Waals surface area contributed by atoms with Crippen LogP contribution in [0.3, 0.4) is 0 Å². The van der Waals surface area contributed by atoms with Gasteiger partial charge in [0.1, 0.15) is 6.54 Å². The lowest BCUT2D eigenvalue weighted by atomic mass is 10.1. The summed E-state index contributed by atoms with van der Waals surface area (Å²) in [5.41, 5.74) is 0. The van der Waals surface area contributed by atoms with Crippen molar-refractivity contribution in [1.29, 1.82) is 0 Å². The average Bonchev–Trinajstić information content (AvgIpc) is 2.42. The van der Waals surface area contributed by atoms with E-state index in [1.807, 2.05) is 0 Å². The predicted molar refractivity (Wildman–Crippen MR) is 81.3 cm³/mol. The maximum Gasteiger partial charge on any atom is 0.235 e. The fourth-order valence-corrected chi connectivity index (χ4v) is 2.37. The number of hydrogen-bond acceptors (Lipinski definition) is 0. The largest absolute Gasteiger partial charge is 0.235 e. The molecule has 0 fully saturated rings. The van der Waals surface area contributed by atoms with Gasteiger partial charge in [-0.3, -0.25) is 0 Å². The standard InChI is InChI=1S/C17H30N.H2I/c1-2-3-4-5-6-7-8-9-10-12-15-18-16-13-11-14-17-18;/h11,13-14,16-17H,2-10,12,15H2,1H3;1H2/q2*+1. The van der Waals surface area contributed by atoms with E-state index in [1.54, 1.807) is 0 Å². The molecule has 1 nitrogen and oxygen atoms in total. The third-order valence-electron chi connectivity index (χ3n) is 3.55. The number of hydrogen-bond donors (Lipinski definition) is 0. The van der Waals surface area contributed by atoms with Gasteiger partial charge in [-0.1, -0.05) is 64.4 Å². The van der Waals surface area contributed by atoms with Crippen molar-refractivity contribution in [3.8, 4) is 0 Å². The summed E-state index contributed by atoms with van der Waals surface area (Å²) < 4.78 is 2.28. The Hall–Kier alpha value is -0.120. The highest BCUT2D eigenvalue weighted by molar-refractivity contribution is 4.83. The molecule has 0 N–H and O–H groups in total. The summed E-state index contributed by atoms with van der Waals surface area (Å²) in [6, 6.07) is 6.29. The zero-order chi connectivity index (χ0) is 12.9. The Kier molecular flexibility index (Phi) is 14.2. The molecule has 0 aliphatic carbocycles. The van der Waals surface area contributed by atoms with Crippen LogP contribution in [0.15, 0.2) is 30.6 Å². The number of aromatic nitrogens is 1. The Morgan fingerprint density at radius 3 is 1.63 bits per heavy atom. The van der Waals surface area contributed by atoms with E-state index in [9.17, 15) is 0 Å². The molecule has 0 radical (unpaired) electrons. The van der Waals surface area contributed by atoms with Crippen molar-refractivity contribution in [2.75, 3.05) is 0 Å². The van der Waals surface area contributed by atoms with Gasteiger partial charge in [0.25, 0.3) is 0 Å². The quantitative estimate of drug-likeness (QED) is 0.312. The topological polar surface area (TPSA) is 3.88 Å².